The number of carbonyl (C=O) groups is 2. The molecule has 0 aliphatic carbocycles. The minimum atomic E-state index is -0.612. The van der Waals surface area contributed by atoms with Gasteiger partial charge in [-0.2, -0.15) is 0 Å². The second-order valence-electron chi connectivity index (χ2n) is 3.01. The van der Waals surface area contributed by atoms with Crippen molar-refractivity contribution in [3.63, 3.8) is 0 Å². The van der Waals surface area contributed by atoms with Crippen molar-refractivity contribution >= 4 is 27.6 Å². The Balaban J connectivity index is 2.81. The van der Waals surface area contributed by atoms with Crippen LogP contribution < -0.4 is 5.32 Å². The maximum absolute atomic E-state index is 13.2. The predicted molar refractivity (Wildman–Crippen MR) is 57.1 cm³/mol. The summed E-state index contributed by atoms with van der Waals surface area (Å²) in [6, 6.07) is 4.05. The van der Waals surface area contributed by atoms with Gasteiger partial charge < -0.3 is 5.32 Å². The van der Waals surface area contributed by atoms with Gasteiger partial charge in [0, 0.05) is 4.47 Å². The van der Waals surface area contributed by atoms with Gasteiger partial charge in [-0.3, -0.25) is 9.59 Å². The molecule has 0 fully saturated rings. The molecule has 0 aliphatic heterocycles. The number of amides is 1. The van der Waals surface area contributed by atoms with E-state index in [1.165, 1.54) is 25.1 Å². The van der Waals surface area contributed by atoms with E-state index in [0.29, 0.717) is 4.47 Å². The SMILES string of the molecule is CC(=O)CNC(=O)c1cc(Br)ccc1F. The molecule has 0 aromatic heterocycles. The van der Waals surface area contributed by atoms with Crippen LogP contribution in [-0.4, -0.2) is 18.2 Å². The van der Waals surface area contributed by atoms with Gasteiger partial charge in [0.1, 0.15) is 11.6 Å². The van der Waals surface area contributed by atoms with Crippen LogP contribution in [0.3, 0.4) is 0 Å². The highest BCUT2D eigenvalue weighted by Crippen LogP contribution is 2.15. The number of rotatable bonds is 3. The lowest BCUT2D eigenvalue weighted by Crippen LogP contribution is -2.28. The van der Waals surface area contributed by atoms with Crippen LogP contribution in [0.15, 0.2) is 22.7 Å². The Morgan fingerprint density at radius 3 is 2.73 bits per heavy atom. The largest absolute Gasteiger partial charge is 0.345 e. The fourth-order valence-electron chi connectivity index (χ4n) is 0.971. The Bertz CT molecular complexity index is 406. The van der Waals surface area contributed by atoms with E-state index in [4.69, 9.17) is 0 Å². The maximum atomic E-state index is 13.2. The zero-order valence-corrected chi connectivity index (χ0v) is 9.60. The Morgan fingerprint density at radius 2 is 2.13 bits per heavy atom. The summed E-state index contributed by atoms with van der Waals surface area (Å²) in [6.07, 6.45) is 0. The van der Waals surface area contributed by atoms with E-state index in [0.717, 1.165) is 0 Å². The highest BCUT2D eigenvalue weighted by atomic mass is 79.9. The lowest BCUT2D eigenvalue weighted by atomic mass is 10.2. The first-order chi connectivity index (χ1) is 7.00. The number of Topliss-reactive ketones (excluding diaryl/α,β-unsaturated/α-hetero) is 1. The number of halogens is 2. The first-order valence-corrected chi connectivity index (χ1v) is 5.02. The third-order valence-corrected chi connectivity index (χ3v) is 2.16. The van der Waals surface area contributed by atoms with Crippen molar-refractivity contribution in [3.05, 3.63) is 34.1 Å². The van der Waals surface area contributed by atoms with E-state index in [1.54, 1.807) is 0 Å². The van der Waals surface area contributed by atoms with Crippen LogP contribution in [0.2, 0.25) is 0 Å². The monoisotopic (exact) mass is 273 g/mol. The molecule has 15 heavy (non-hydrogen) atoms. The molecule has 1 aromatic rings. The molecule has 0 aliphatic rings. The third kappa shape index (κ3) is 3.43. The lowest BCUT2D eigenvalue weighted by molar-refractivity contribution is -0.116. The summed E-state index contributed by atoms with van der Waals surface area (Å²) in [5.74, 6) is -1.39. The van der Waals surface area contributed by atoms with E-state index in [-0.39, 0.29) is 17.9 Å². The van der Waals surface area contributed by atoms with Crippen molar-refractivity contribution in [2.45, 2.75) is 6.92 Å². The zero-order valence-electron chi connectivity index (χ0n) is 8.01. The topological polar surface area (TPSA) is 46.2 Å². The maximum Gasteiger partial charge on any atom is 0.254 e. The first-order valence-electron chi connectivity index (χ1n) is 4.23. The van der Waals surface area contributed by atoms with Gasteiger partial charge >= 0.3 is 0 Å². The van der Waals surface area contributed by atoms with Gasteiger partial charge in [0.2, 0.25) is 0 Å². The molecule has 0 saturated carbocycles. The molecule has 80 valence electrons. The van der Waals surface area contributed by atoms with Crippen molar-refractivity contribution in [1.29, 1.82) is 0 Å². The van der Waals surface area contributed by atoms with Crippen molar-refractivity contribution in [3.8, 4) is 0 Å². The van der Waals surface area contributed by atoms with Crippen LogP contribution >= 0.6 is 15.9 Å². The van der Waals surface area contributed by atoms with E-state index >= 15 is 0 Å². The molecular weight excluding hydrogens is 265 g/mol. The normalized spacial score (nSPS) is 9.80. The Labute approximate surface area is 94.8 Å². The number of ketones is 1. The Kier molecular flexibility index (Phi) is 3.96. The summed E-state index contributed by atoms with van der Waals surface area (Å²) in [4.78, 5) is 22.0. The summed E-state index contributed by atoms with van der Waals surface area (Å²) in [7, 11) is 0. The summed E-state index contributed by atoms with van der Waals surface area (Å²) in [5, 5.41) is 2.32. The second-order valence-corrected chi connectivity index (χ2v) is 3.92. The number of carbonyl (C=O) groups excluding carboxylic acids is 2. The minimum Gasteiger partial charge on any atom is -0.345 e. The van der Waals surface area contributed by atoms with Crippen LogP contribution in [0.5, 0.6) is 0 Å². The molecular formula is C10H9BrFNO2. The predicted octanol–water partition coefficient (Wildman–Crippen LogP) is 1.91. The highest BCUT2D eigenvalue weighted by molar-refractivity contribution is 9.10. The minimum absolute atomic E-state index is 0.0781. The van der Waals surface area contributed by atoms with E-state index in [9.17, 15) is 14.0 Å². The lowest BCUT2D eigenvalue weighted by Gasteiger charge is -2.04. The van der Waals surface area contributed by atoms with Crippen LogP contribution in [-0.2, 0) is 4.79 Å². The smallest absolute Gasteiger partial charge is 0.254 e. The van der Waals surface area contributed by atoms with E-state index in [1.807, 2.05) is 0 Å². The second kappa shape index (κ2) is 5.02. The molecule has 0 spiro atoms. The van der Waals surface area contributed by atoms with E-state index < -0.39 is 11.7 Å². The zero-order chi connectivity index (χ0) is 11.4. The van der Waals surface area contributed by atoms with Crippen molar-refractivity contribution < 1.29 is 14.0 Å². The van der Waals surface area contributed by atoms with Gasteiger partial charge in [0.25, 0.3) is 5.91 Å². The van der Waals surface area contributed by atoms with Crippen LogP contribution in [0.25, 0.3) is 0 Å². The Hall–Kier alpha value is -1.23. The quantitative estimate of drug-likeness (QED) is 0.915. The fraction of sp³-hybridized carbons (Fsp3) is 0.200. The van der Waals surface area contributed by atoms with E-state index in [2.05, 4.69) is 21.2 Å². The van der Waals surface area contributed by atoms with Gasteiger partial charge in [0.05, 0.1) is 12.1 Å². The molecule has 1 N–H and O–H groups in total. The number of hydrogen-bond acceptors (Lipinski definition) is 2. The van der Waals surface area contributed by atoms with Gasteiger partial charge in [-0.15, -0.1) is 0 Å². The van der Waals surface area contributed by atoms with Crippen LogP contribution in [0.1, 0.15) is 17.3 Å². The van der Waals surface area contributed by atoms with Gasteiger partial charge in [-0.05, 0) is 25.1 Å². The molecule has 5 heteroatoms. The summed E-state index contributed by atoms with van der Waals surface area (Å²) in [6.45, 7) is 1.25. The molecule has 0 saturated heterocycles. The standard InChI is InChI=1S/C10H9BrFNO2/c1-6(14)5-13-10(15)8-4-7(11)2-3-9(8)12/h2-4H,5H2,1H3,(H,13,15). The number of nitrogens with one attached hydrogen (secondary N) is 1. The molecule has 0 atom stereocenters. The molecule has 0 radical (unpaired) electrons. The summed E-state index contributed by atoms with van der Waals surface area (Å²) >= 11 is 3.13. The Morgan fingerprint density at radius 1 is 1.47 bits per heavy atom. The van der Waals surface area contributed by atoms with Crippen molar-refractivity contribution in [1.82, 2.24) is 5.32 Å². The van der Waals surface area contributed by atoms with Crippen molar-refractivity contribution in [2.75, 3.05) is 6.54 Å². The van der Waals surface area contributed by atoms with Crippen molar-refractivity contribution in [2.24, 2.45) is 0 Å². The molecule has 1 aromatic carbocycles. The first kappa shape index (κ1) is 11.8. The number of benzene rings is 1. The summed E-state index contributed by atoms with van der Waals surface area (Å²) < 4.78 is 13.8. The molecule has 1 rings (SSSR count). The summed E-state index contributed by atoms with van der Waals surface area (Å²) in [5.41, 5.74) is -0.0781. The molecule has 0 bridgehead atoms. The number of hydrogen-bond donors (Lipinski definition) is 1. The fourth-order valence-corrected chi connectivity index (χ4v) is 1.33. The molecule has 3 nitrogen and oxygen atoms in total. The molecule has 0 unspecified atom stereocenters. The molecule has 0 heterocycles. The van der Waals surface area contributed by atoms with Crippen LogP contribution in [0.4, 0.5) is 4.39 Å². The molecule has 1 amide bonds. The van der Waals surface area contributed by atoms with Crippen LogP contribution in [0, 0.1) is 5.82 Å². The third-order valence-electron chi connectivity index (χ3n) is 1.67. The van der Waals surface area contributed by atoms with Gasteiger partial charge in [-0.1, -0.05) is 15.9 Å². The van der Waals surface area contributed by atoms with Gasteiger partial charge in [0.15, 0.2) is 0 Å². The van der Waals surface area contributed by atoms with Gasteiger partial charge in [-0.25, -0.2) is 4.39 Å². The average Bonchev–Trinajstić information content (AvgIpc) is 2.18. The average molecular weight is 274 g/mol. The highest BCUT2D eigenvalue weighted by Gasteiger charge is 2.11.